The number of rotatable bonds is 1. The Kier molecular flexibility index (Phi) is 3.67. The summed E-state index contributed by atoms with van der Waals surface area (Å²) in [5.74, 6) is -0.368. The average molecular weight is 325 g/mol. The van der Waals surface area contributed by atoms with Gasteiger partial charge in [0.2, 0.25) is 5.91 Å². The predicted molar refractivity (Wildman–Crippen MR) is 88.0 cm³/mol. The first-order valence-electron chi connectivity index (χ1n) is 8.47. The molecule has 2 unspecified atom stereocenters. The molecule has 6 nitrogen and oxygen atoms in total. The molecule has 24 heavy (non-hydrogen) atoms. The highest BCUT2D eigenvalue weighted by molar-refractivity contribution is 6.12. The lowest BCUT2D eigenvalue weighted by Crippen LogP contribution is -2.38. The smallest absolute Gasteiger partial charge is 0.268 e. The van der Waals surface area contributed by atoms with Crippen molar-refractivity contribution in [3.8, 4) is 0 Å². The fourth-order valence-electron chi connectivity index (χ4n) is 3.83. The molecule has 1 saturated heterocycles. The van der Waals surface area contributed by atoms with Crippen LogP contribution in [0.5, 0.6) is 0 Å². The van der Waals surface area contributed by atoms with Crippen LogP contribution in [0, 0.1) is 5.92 Å². The van der Waals surface area contributed by atoms with Crippen molar-refractivity contribution >= 4 is 23.4 Å². The Hall–Kier alpha value is -2.50. The summed E-state index contributed by atoms with van der Waals surface area (Å²) in [4.78, 5) is 39.7. The maximum Gasteiger partial charge on any atom is 0.268 e. The van der Waals surface area contributed by atoms with Crippen LogP contribution in [0.25, 0.3) is 0 Å². The maximum atomic E-state index is 12.3. The molecule has 2 heterocycles. The van der Waals surface area contributed by atoms with Gasteiger partial charge in [0.25, 0.3) is 11.8 Å². The van der Waals surface area contributed by atoms with E-state index < -0.39 is 6.04 Å². The summed E-state index contributed by atoms with van der Waals surface area (Å²) in [6.45, 7) is 0. The molecule has 2 aliphatic carbocycles. The molecule has 0 aromatic heterocycles. The lowest BCUT2D eigenvalue weighted by atomic mass is 9.77. The van der Waals surface area contributed by atoms with Gasteiger partial charge in [0, 0.05) is 23.6 Å². The van der Waals surface area contributed by atoms with Gasteiger partial charge in [-0.3, -0.25) is 14.4 Å². The highest BCUT2D eigenvalue weighted by Gasteiger charge is 2.33. The number of hydrogen-bond donors (Lipinski definition) is 2. The second-order valence-corrected chi connectivity index (χ2v) is 6.64. The largest absolute Gasteiger partial charge is 0.344 e. The molecule has 0 bridgehead atoms. The Morgan fingerprint density at radius 3 is 2.79 bits per heavy atom. The zero-order valence-corrected chi connectivity index (χ0v) is 13.3. The first-order chi connectivity index (χ1) is 11.6. The van der Waals surface area contributed by atoms with E-state index in [2.05, 4.69) is 15.6 Å². The maximum absolute atomic E-state index is 12.3. The molecule has 6 heteroatoms. The first kappa shape index (κ1) is 15.1. The molecule has 0 aromatic carbocycles. The first-order valence-corrected chi connectivity index (χ1v) is 8.47. The molecular formula is C18H19N3O3. The predicted octanol–water partition coefficient (Wildman–Crippen LogP) is 1.30. The van der Waals surface area contributed by atoms with Gasteiger partial charge < -0.3 is 10.6 Å². The third-order valence-electron chi connectivity index (χ3n) is 5.05. The van der Waals surface area contributed by atoms with Crippen LogP contribution in [-0.4, -0.2) is 29.5 Å². The van der Waals surface area contributed by atoms with Gasteiger partial charge in [0.1, 0.15) is 6.04 Å². The summed E-state index contributed by atoms with van der Waals surface area (Å²) in [5.41, 5.74) is 3.46. The van der Waals surface area contributed by atoms with Crippen LogP contribution >= 0.6 is 0 Å². The monoisotopic (exact) mass is 325 g/mol. The number of hydrogen-bond acceptors (Lipinski definition) is 3. The van der Waals surface area contributed by atoms with Gasteiger partial charge in [-0.25, -0.2) is 4.99 Å². The van der Waals surface area contributed by atoms with Crippen molar-refractivity contribution in [2.24, 2.45) is 10.9 Å². The number of nitrogens with one attached hydrogen (secondary N) is 2. The van der Waals surface area contributed by atoms with Gasteiger partial charge >= 0.3 is 0 Å². The van der Waals surface area contributed by atoms with Gasteiger partial charge in [-0.1, -0.05) is 6.08 Å². The number of aliphatic imine (C=N–C) groups is 1. The van der Waals surface area contributed by atoms with Crippen molar-refractivity contribution in [2.75, 3.05) is 0 Å². The van der Waals surface area contributed by atoms with Crippen LogP contribution in [0.3, 0.4) is 0 Å². The van der Waals surface area contributed by atoms with Crippen LogP contribution in [-0.2, 0) is 14.4 Å². The Balaban J connectivity index is 1.57. The quantitative estimate of drug-likeness (QED) is 0.762. The van der Waals surface area contributed by atoms with E-state index in [1.807, 2.05) is 12.2 Å². The van der Waals surface area contributed by atoms with Crippen molar-refractivity contribution in [2.45, 2.75) is 44.6 Å². The molecule has 0 saturated carbocycles. The van der Waals surface area contributed by atoms with Gasteiger partial charge in [-0.05, 0) is 49.8 Å². The standard InChI is InChI=1S/C18H19N3O3/c22-16-8-7-14(20-16)18(24)19-10-5-6-12-11-3-1-2-4-13(11)17(23)21-15(12)9-10/h5-6,9,12,14H,1-4,7-8H2,(H,20,22)(H,21,23). The number of allylic oxidation sites excluding steroid dienone is 3. The van der Waals surface area contributed by atoms with Gasteiger partial charge in [-0.2, -0.15) is 0 Å². The molecule has 0 spiro atoms. The van der Waals surface area contributed by atoms with Crippen LogP contribution in [0.1, 0.15) is 38.5 Å². The van der Waals surface area contributed by atoms with E-state index in [0.29, 0.717) is 18.6 Å². The number of nitrogens with zero attached hydrogens (tertiary/aromatic N) is 1. The molecule has 1 fully saturated rings. The van der Waals surface area contributed by atoms with E-state index in [-0.39, 0.29) is 23.6 Å². The zero-order valence-electron chi connectivity index (χ0n) is 13.3. The minimum Gasteiger partial charge on any atom is -0.344 e. The fourth-order valence-corrected chi connectivity index (χ4v) is 3.83. The summed E-state index contributed by atoms with van der Waals surface area (Å²) in [6, 6.07) is -0.525. The van der Waals surface area contributed by atoms with Crippen molar-refractivity contribution in [1.82, 2.24) is 10.6 Å². The lowest BCUT2D eigenvalue weighted by Gasteiger charge is -2.33. The molecule has 2 N–H and O–H groups in total. The van der Waals surface area contributed by atoms with Crippen LogP contribution in [0.2, 0.25) is 0 Å². The number of amides is 3. The highest BCUT2D eigenvalue weighted by Crippen LogP contribution is 2.38. The van der Waals surface area contributed by atoms with Gasteiger partial charge in [0.05, 0.1) is 5.71 Å². The summed E-state index contributed by atoms with van der Waals surface area (Å²) < 4.78 is 0. The molecule has 124 valence electrons. The van der Waals surface area contributed by atoms with Crippen molar-refractivity contribution in [3.63, 3.8) is 0 Å². The van der Waals surface area contributed by atoms with E-state index in [4.69, 9.17) is 0 Å². The van der Waals surface area contributed by atoms with Crippen LogP contribution < -0.4 is 10.6 Å². The lowest BCUT2D eigenvalue weighted by molar-refractivity contribution is -0.123. The molecule has 4 aliphatic rings. The Labute approximate surface area is 139 Å². The second-order valence-electron chi connectivity index (χ2n) is 6.64. The number of fused-ring (bicyclic) bond motifs is 2. The fraction of sp³-hybridized carbons (Fsp3) is 0.444. The number of carbonyl (C=O) groups is 3. The third kappa shape index (κ3) is 2.62. The van der Waals surface area contributed by atoms with E-state index in [1.165, 1.54) is 5.57 Å². The van der Waals surface area contributed by atoms with E-state index >= 15 is 0 Å². The van der Waals surface area contributed by atoms with E-state index in [1.54, 1.807) is 6.08 Å². The highest BCUT2D eigenvalue weighted by atomic mass is 16.2. The average Bonchev–Trinajstić information content (AvgIpc) is 3.02. The van der Waals surface area contributed by atoms with Gasteiger partial charge in [-0.15, -0.1) is 0 Å². The molecule has 4 rings (SSSR count). The van der Waals surface area contributed by atoms with Gasteiger partial charge in [0.15, 0.2) is 0 Å². The topological polar surface area (TPSA) is 87.6 Å². The number of carbonyl (C=O) groups excluding carboxylic acids is 3. The summed E-state index contributed by atoms with van der Waals surface area (Å²) >= 11 is 0. The van der Waals surface area contributed by atoms with Crippen LogP contribution in [0.4, 0.5) is 0 Å². The summed E-state index contributed by atoms with van der Waals surface area (Å²) in [5, 5.41) is 5.57. The van der Waals surface area contributed by atoms with Crippen LogP contribution in [0.15, 0.2) is 40.1 Å². The molecule has 0 radical (unpaired) electrons. The normalized spacial score (nSPS) is 30.5. The molecule has 2 atom stereocenters. The molecule has 0 aromatic rings. The van der Waals surface area contributed by atoms with Crippen molar-refractivity contribution < 1.29 is 14.4 Å². The molecular weight excluding hydrogens is 306 g/mol. The Bertz CT molecular complexity index is 757. The van der Waals surface area contributed by atoms with E-state index in [9.17, 15) is 14.4 Å². The third-order valence-corrected chi connectivity index (χ3v) is 5.05. The molecule has 3 amide bonds. The van der Waals surface area contributed by atoms with E-state index in [0.717, 1.165) is 37.0 Å². The Morgan fingerprint density at radius 2 is 2.00 bits per heavy atom. The Morgan fingerprint density at radius 1 is 1.17 bits per heavy atom. The summed E-state index contributed by atoms with van der Waals surface area (Å²) in [6.07, 6.45) is 10.5. The SMILES string of the molecule is O=C1CCC(C(=O)N=C2C=CC3C(=C2)NC(=O)C2=C3CCCC2)N1. The summed E-state index contributed by atoms with van der Waals surface area (Å²) in [7, 11) is 0. The van der Waals surface area contributed by atoms with Crippen molar-refractivity contribution in [1.29, 1.82) is 0 Å². The minimum absolute atomic E-state index is 0.0174. The van der Waals surface area contributed by atoms with Crippen molar-refractivity contribution in [3.05, 3.63) is 35.1 Å². The minimum atomic E-state index is -0.525. The molecule has 2 aliphatic heterocycles. The second kappa shape index (κ2) is 5.85. The zero-order chi connectivity index (χ0) is 16.7.